The van der Waals surface area contributed by atoms with E-state index in [0.717, 1.165) is 19.6 Å². The summed E-state index contributed by atoms with van der Waals surface area (Å²) in [4.78, 5) is 10.9. The average molecular weight is 283 g/mol. The normalized spacial score (nSPS) is 22.3. The van der Waals surface area contributed by atoms with Crippen molar-refractivity contribution >= 4 is 11.6 Å². The predicted molar refractivity (Wildman–Crippen MR) is 84.7 cm³/mol. The largest absolute Gasteiger partial charge is 0.396 e. The van der Waals surface area contributed by atoms with Gasteiger partial charge in [-0.25, -0.2) is 9.97 Å². The predicted octanol–water partition coefficient (Wildman–Crippen LogP) is 1.99. The molecule has 2 atom stereocenters. The Morgan fingerprint density at radius 2 is 1.90 bits per heavy atom. The van der Waals surface area contributed by atoms with Crippen molar-refractivity contribution in [2.24, 2.45) is 5.92 Å². The summed E-state index contributed by atoms with van der Waals surface area (Å²) in [5.41, 5.74) is 7.55. The average Bonchev–Trinajstić information content (AvgIpc) is 2.82. The minimum absolute atomic E-state index is 0.373. The van der Waals surface area contributed by atoms with Crippen LogP contribution in [0.3, 0.4) is 0 Å². The maximum Gasteiger partial charge on any atom is 0.222 e. The van der Waals surface area contributed by atoms with Gasteiger partial charge < -0.3 is 11.1 Å². The van der Waals surface area contributed by atoms with Crippen molar-refractivity contribution in [1.29, 1.82) is 0 Å². The monoisotopic (exact) mass is 283 g/mol. The summed E-state index contributed by atoms with van der Waals surface area (Å²) in [7, 11) is 0. The number of aromatic nitrogens is 2. The zero-order valence-corrected chi connectivity index (χ0v) is 12.2. The smallest absolute Gasteiger partial charge is 0.222 e. The Bertz CT molecular complexity index is 569. The molecule has 0 radical (unpaired) electrons. The molecular weight excluding hydrogens is 262 g/mol. The number of rotatable bonds is 4. The van der Waals surface area contributed by atoms with Crippen LogP contribution in [-0.2, 0) is 6.54 Å². The molecule has 1 aromatic heterocycles. The van der Waals surface area contributed by atoms with Crippen molar-refractivity contribution in [2.45, 2.75) is 19.5 Å². The lowest BCUT2D eigenvalue weighted by molar-refractivity contribution is 0.319. The lowest BCUT2D eigenvalue weighted by Gasteiger charge is -2.17. The maximum absolute atomic E-state index is 5.61. The van der Waals surface area contributed by atoms with Gasteiger partial charge in [0.05, 0.1) is 18.1 Å². The first kappa shape index (κ1) is 13.8. The number of nitrogens with zero attached hydrogens (tertiary/aromatic N) is 3. The Hall–Kier alpha value is -2.14. The highest BCUT2D eigenvalue weighted by molar-refractivity contribution is 5.36. The summed E-state index contributed by atoms with van der Waals surface area (Å²) >= 11 is 0. The van der Waals surface area contributed by atoms with Crippen LogP contribution in [0.15, 0.2) is 42.7 Å². The van der Waals surface area contributed by atoms with Crippen molar-refractivity contribution in [3.8, 4) is 0 Å². The lowest BCUT2D eigenvalue weighted by atomic mass is 10.1. The summed E-state index contributed by atoms with van der Waals surface area (Å²) in [6.07, 6.45) is 3.27. The molecule has 0 spiro atoms. The van der Waals surface area contributed by atoms with Crippen LogP contribution in [0, 0.1) is 5.92 Å². The molecule has 0 bridgehead atoms. The molecule has 3 N–H and O–H groups in total. The Balaban J connectivity index is 1.59. The molecule has 1 aliphatic rings. The van der Waals surface area contributed by atoms with Crippen LogP contribution in [0.5, 0.6) is 0 Å². The quantitative estimate of drug-likeness (QED) is 0.898. The molecule has 1 saturated heterocycles. The van der Waals surface area contributed by atoms with Crippen LogP contribution < -0.4 is 11.1 Å². The fourth-order valence-corrected chi connectivity index (χ4v) is 2.80. The highest BCUT2D eigenvalue weighted by Gasteiger charge is 2.29. The first-order valence-electron chi connectivity index (χ1n) is 7.31. The molecule has 3 rings (SSSR count). The van der Waals surface area contributed by atoms with Crippen molar-refractivity contribution in [2.75, 3.05) is 24.1 Å². The highest BCUT2D eigenvalue weighted by atomic mass is 15.2. The molecule has 5 nitrogen and oxygen atoms in total. The van der Waals surface area contributed by atoms with E-state index in [9.17, 15) is 0 Å². The van der Waals surface area contributed by atoms with Gasteiger partial charge in [-0.2, -0.15) is 0 Å². The van der Waals surface area contributed by atoms with Crippen LogP contribution in [0.2, 0.25) is 0 Å². The van der Waals surface area contributed by atoms with E-state index in [1.165, 1.54) is 5.56 Å². The first-order valence-corrected chi connectivity index (χ1v) is 7.31. The van der Waals surface area contributed by atoms with Gasteiger partial charge in [0, 0.05) is 25.7 Å². The van der Waals surface area contributed by atoms with E-state index in [4.69, 9.17) is 5.73 Å². The Labute approximate surface area is 125 Å². The molecular formula is C16H21N5. The first-order chi connectivity index (χ1) is 10.2. The van der Waals surface area contributed by atoms with E-state index >= 15 is 0 Å². The number of anilines is 2. The Morgan fingerprint density at radius 3 is 2.62 bits per heavy atom. The second-order valence-electron chi connectivity index (χ2n) is 5.75. The summed E-state index contributed by atoms with van der Waals surface area (Å²) in [5.74, 6) is 1.22. The van der Waals surface area contributed by atoms with Crippen molar-refractivity contribution in [1.82, 2.24) is 14.9 Å². The number of nitrogens with one attached hydrogen (secondary N) is 1. The number of benzene rings is 1. The lowest BCUT2D eigenvalue weighted by Crippen LogP contribution is -2.28. The van der Waals surface area contributed by atoms with Crippen LogP contribution in [0.1, 0.15) is 12.5 Å². The van der Waals surface area contributed by atoms with Crippen LogP contribution in [0.4, 0.5) is 11.6 Å². The van der Waals surface area contributed by atoms with Gasteiger partial charge >= 0.3 is 0 Å². The Morgan fingerprint density at radius 1 is 1.19 bits per heavy atom. The minimum Gasteiger partial charge on any atom is -0.396 e. The molecule has 1 fully saturated rings. The van der Waals surface area contributed by atoms with E-state index in [-0.39, 0.29) is 0 Å². The fraction of sp³-hybridized carbons (Fsp3) is 0.375. The van der Waals surface area contributed by atoms with Gasteiger partial charge in [-0.05, 0) is 11.5 Å². The molecule has 2 aromatic rings. The second-order valence-corrected chi connectivity index (χ2v) is 5.75. The van der Waals surface area contributed by atoms with Gasteiger partial charge in [0.2, 0.25) is 5.95 Å². The van der Waals surface area contributed by atoms with Crippen molar-refractivity contribution < 1.29 is 0 Å². The molecule has 110 valence electrons. The summed E-state index contributed by atoms with van der Waals surface area (Å²) < 4.78 is 0. The van der Waals surface area contributed by atoms with E-state index in [2.05, 4.69) is 57.4 Å². The third kappa shape index (κ3) is 3.49. The SMILES string of the molecule is CC1CN(Cc2ccccc2)CC1Nc1ncc(N)cn1. The fourth-order valence-electron chi connectivity index (χ4n) is 2.80. The van der Waals surface area contributed by atoms with Gasteiger partial charge in [0.1, 0.15) is 0 Å². The molecule has 21 heavy (non-hydrogen) atoms. The standard InChI is InChI=1S/C16H21N5/c1-12-9-21(10-13-5-3-2-4-6-13)11-15(12)20-16-18-7-14(17)8-19-16/h2-8,12,15H,9-11,17H2,1H3,(H,18,19,20). The van der Waals surface area contributed by atoms with E-state index in [0.29, 0.717) is 23.6 Å². The molecule has 1 aromatic carbocycles. The summed E-state index contributed by atoms with van der Waals surface area (Å²) in [6.45, 7) is 5.34. The molecule has 0 aliphatic carbocycles. The number of nitrogen functional groups attached to an aromatic ring is 1. The van der Waals surface area contributed by atoms with Crippen molar-refractivity contribution in [3.63, 3.8) is 0 Å². The van der Waals surface area contributed by atoms with Crippen LogP contribution in [-0.4, -0.2) is 34.0 Å². The third-order valence-electron chi connectivity index (χ3n) is 3.92. The van der Waals surface area contributed by atoms with Gasteiger partial charge in [0.15, 0.2) is 0 Å². The molecule has 0 amide bonds. The summed E-state index contributed by atoms with van der Waals surface area (Å²) in [5, 5.41) is 3.41. The van der Waals surface area contributed by atoms with E-state index in [1.807, 2.05) is 0 Å². The summed E-state index contributed by atoms with van der Waals surface area (Å²) in [6, 6.07) is 11.0. The topological polar surface area (TPSA) is 67.1 Å². The number of nitrogens with two attached hydrogens (primary N) is 1. The number of hydrogen-bond acceptors (Lipinski definition) is 5. The van der Waals surface area contributed by atoms with Crippen LogP contribution >= 0.6 is 0 Å². The van der Waals surface area contributed by atoms with Gasteiger partial charge in [-0.1, -0.05) is 37.3 Å². The third-order valence-corrected chi connectivity index (χ3v) is 3.92. The Kier molecular flexibility index (Phi) is 4.01. The maximum atomic E-state index is 5.61. The zero-order valence-electron chi connectivity index (χ0n) is 12.2. The van der Waals surface area contributed by atoms with Gasteiger partial charge in [-0.15, -0.1) is 0 Å². The number of hydrogen-bond donors (Lipinski definition) is 2. The highest BCUT2D eigenvalue weighted by Crippen LogP contribution is 2.21. The molecule has 5 heteroatoms. The van der Waals surface area contributed by atoms with E-state index in [1.54, 1.807) is 12.4 Å². The minimum atomic E-state index is 0.373. The van der Waals surface area contributed by atoms with Gasteiger partial charge in [-0.3, -0.25) is 4.90 Å². The molecule has 0 saturated carbocycles. The molecule has 1 aliphatic heterocycles. The number of likely N-dealkylation sites (tertiary alicyclic amines) is 1. The van der Waals surface area contributed by atoms with Crippen LogP contribution in [0.25, 0.3) is 0 Å². The molecule has 2 heterocycles. The zero-order chi connectivity index (χ0) is 14.7. The molecule has 2 unspecified atom stereocenters. The second kappa shape index (κ2) is 6.10. The van der Waals surface area contributed by atoms with Gasteiger partial charge in [0.25, 0.3) is 0 Å². The van der Waals surface area contributed by atoms with E-state index < -0.39 is 0 Å². The van der Waals surface area contributed by atoms with Crippen molar-refractivity contribution in [3.05, 3.63) is 48.3 Å².